The smallest absolute Gasteiger partial charge is 0.337 e. The Morgan fingerprint density at radius 2 is 1.80 bits per heavy atom. The predicted octanol–water partition coefficient (Wildman–Crippen LogP) is 4.83. The molecular formula is C22H43N4O8P. The van der Waals surface area contributed by atoms with Crippen molar-refractivity contribution in [1.82, 2.24) is 5.48 Å². The van der Waals surface area contributed by atoms with Crippen molar-refractivity contribution in [2.45, 2.75) is 116 Å². The number of unbranched alkanes of at least 4 members (excludes halogenated alkanes) is 2. The van der Waals surface area contributed by atoms with Crippen LogP contribution in [0.15, 0.2) is 5.11 Å². The first-order valence-corrected chi connectivity index (χ1v) is 13.7. The predicted molar refractivity (Wildman–Crippen MR) is 131 cm³/mol. The lowest BCUT2D eigenvalue weighted by molar-refractivity contribution is -0.258. The van der Waals surface area contributed by atoms with Gasteiger partial charge in [-0.1, -0.05) is 45.7 Å². The maximum Gasteiger partial charge on any atom is 0.337 e. The van der Waals surface area contributed by atoms with E-state index in [2.05, 4.69) is 15.5 Å². The molecule has 0 aromatic carbocycles. The third-order valence-corrected chi connectivity index (χ3v) is 6.68. The zero-order chi connectivity index (χ0) is 26.3. The quantitative estimate of drug-likeness (QED) is 0.0507. The van der Waals surface area contributed by atoms with Gasteiger partial charge in [-0.25, -0.2) is 4.62 Å². The minimum absolute atomic E-state index is 0.0816. The highest BCUT2D eigenvalue weighted by Crippen LogP contribution is 2.36. The molecule has 204 valence electrons. The lowest BCUT2D eigenvalue weighted by Gasteiger charge is -2.43. The normalized spacial score (nSPS) is 25.6. The second-order valence-corrected chi connectivity index (χ2v) is 9.71. The number of carbonyl (C=O) groups excluding carboxylic acids is 1. The van der Waals surface area contributed by atoms with Crippen molar-refractivity contribution in [3.05, 3.63) is 10.4 Å². The second kappa shape index (κ2) is 17.3. The number of rotatable bonds is 18. The Morgan fingerprint density at radius 3 is 2.37 bits per heavy atom. The molecule has 35 heavy (non-hydrogen) atoms. The van der Waals surface area contributed by atoms with Crippen molar-refractivity contribution in [3.8, 4) is 0 Å². The molecule has 0 bridgehead atoms. The van der Waals surface area contributed by atoms with Gasteiger partial charge in [0, 0.05) is 30.6 Å². The third-order valence-electron chi connectivity index (χ3n) is 5.99. The summed E-state index contributed by atoms with van der Waals surface area (Å²) in [6.45, 7) is 12.1. The largest absolute Gasteiger partial charge is 0.457 e. The number of ether oxygens (including phenoxy) is 4. The molecule has 0 aliphatic carbocycles. The Hall–Kier alpha value is -1.23. The Bertz CT molecular complexity index is 690. The molecule has 1 saturated heterocycles. The lowest BCUT2D eigenvalue weighted by Crippen LogP contribution is -2.60. The van der Waals surface area contributed by atoms with Crippen LogP contribution < -0.4 is 5.48 Å². The van der Waals surface area contributed by atoms with Gasteiger partial charge in [-0.05, 0) is 38.1 Å². The SMILES string of the molecule is CCCCOCC1O[C@H](O[PH](=O)ONC(C)(CC)CC)C(N=[N+]=[N-])C(OCCCC)[C@@H]1OC(C)=O. The minimum atomic E-state index is -3.10. The summed E-state index contributed by atoms with van der Waals surface area (Å²) in [5.41, 5.74) is 11.6. The summed E-state index contributed by atoms with van der Waals surface area (Å²) in [4.78, 5) is 14.8. The molecule has 0 saturated carbocycles. The Kier molecular flexibility index (Phi) is 15.7. The summed E-state index contributed by atoms with van der Waals surface area (Å²) in [5, 5.41) is 3.80. The summed E-state index contributed by atoms with van der Waals surface area (Å²) in [6, 6.07) is -1.07. The Morgan fingerprint density at radius 1 is 1.14 bits per heavy atom. The molecule has 0 amide bonds. The third kappa shape index (κ3) is 11.1. The summed E-state index contributed by atoms with van der Waals surface area (Å²) in [7, 11) is -3.10. The van der Waals surface area contributed by atoms with Crippen LogP contribution in [0, 0.1) is 0 Å². The van der Waals surface area contributed by atoms with Gasteiger partial charge in [-0.2, -0.15) is 5.48 Å². The molecule has 12 nitrogen and oxygen atoms in total. The van der Waals surface area contributed by atoms with Gasteiger partial charge < -0.3 is 18.9 Å². The topological polar surface area (TPSA) is 150 Å². The van der Waals surface area contributed by atoms with Gasteiger partial charge in [0.15, 0.2) is 12.4 Å². The number of carbonyl (C=O) groups is 1. The molecule has 1 fully saturated rings. The molecule has 1 aliphatic heterocycles. The molecule has 0 radical (unpaired) electrons. The summed E-state index contributed by atoms with van der Waals surface area (Å²) >= 11 is 0. The number of hydroxylamine groups is 1. The van der Waals surface area contributed by atoms with Crippen LogP contribution in [-0.2, 0) is 37.5 Å². The molecule has 1 aliphatic rings. The number of nitrogens with one attached hydrogen (secondary N) is 1. The standard InChI is InChI=1S/C22H43N4O8P/c1-7-11-13-29-15-17-19(31-16(5)27)20(30-14-12-8-2)18(24-26-23)21(32-17)33-35(28)34-25-22(6,9-3)10-4/h17-21,25,35H,7-15H2,1-6H3/t17?,18?,19-,20?,21-/m1/s1. The van der Waals surface area contributed by atoms with Crippen LogP contribution in [0.2, 0.25) is 0 Å². The monoisotopic (exact) mass is 522 g/mol. The van der Waals surface area contributed by atoms with Crippen molar-refractivity contribution >= 4 is 14.2 Å². The van der Waals surface area contributed by atoms with Gasteiger partial charge >= 0.3 is 14.2 Å². The summed E-state index contributed by atoms with van der Waals surface area (Å²) < 4.78 is 46.8. The average Bonchev–Trinajstić information content (AvgIpc) is 2.83. The van der Waals surface area contributed by atoms with E-state index in [9.17, 15) is 14.9 Å². The van der Waals surface area contributed by atoms with Crippen LogP contribution in [0.4, 0.5) is 0 Å². The first-order valence-electron chi connectivity index (χ1n) is 12.5. The first-order chi connectivity index (χ1) is 16.7. The maximum absolute atomic E-state index is 12.7. The van der Waals surface area contributed by atoms with E-state index >= 15 is 0 Å². The van der Waals surface area contributed by atoms with Crippen molar-refractivity contribution < 1.29 is 37.5 Å². The number of esters is 1. The zero-order valence-corrected chi connectivity index (χ0v) is 22.9. The van der Waals surface area contributed by atoms with Crippen LogP contribution in [0.1, 0.15) is 80.1 Å². The van der Waals surface area contributed by atoms with Crippen molar-refractivity contribution in [3.63, 3.8) is 0 Å². The molecular weight excluding hydrogens is 479 g/mol. The molecule has 0 aromatic rings. The fourth-order valence-corrected chi connectivity index (χ4v) is 4.08. The van der Waals surface area contributed by atoms with Crippen molar-refractivity contribution in [1.29, 1.82) is 0 Å². The van der Waals surface area contributed by atoms with E-state index in [0.717, 1.165) is 38.5 Å². The molecule has 0 spiro atoms. The lowest BCUT2D eigenvalue weighted by atomic mass is 9.97. The fourth-order valence-electron chi connectivity index (χ4n) is 3.32. The van der Waals surface area contributed by atoms with Crippen LogP contribution in [0.5, 0.6) is 0 Å². The number of azide groups is 1. The van der Waals surface area contributed by atoms with Gasteiger partial charge in [0.25, 0.3) is 0 Å². The van der Waals surface area contributed by atoms with Gasteiger partial charge in [-0.3, -0.25) is 13.9 Å². The van der Waals surface area contributed by atoms with Gasteiger partial charge in [0.05, 0.1) is 6.61 Å². The number of hydrogen-bond donors (Lipinski definition) is 1. The first kappa shape index (κ1) is 31.8. The number of hydrogen-bond acceptors (Lipinski definition) is 10. The Balaban J connectivity index is 3.14. The van der Waals surface area contributed by atoms with E-state index < -0.39 is 44.9 Å². The van der Waals surface area contributed by atoms with Gasteiger partial charge in [0.1, 0.15) is 18.2 Å². The highest BCUT2D eigenvalue weighted by Gasteiger charge is 2.49. The summed E-state index contributed by atoms with van der Waals surface area (Å²) in [5.74, 6) is -0.542. The van der Waals surface area contributed by atoms with Crippen molar-refractivity contribution in [2.75, 3.05) is 19.8 Å². The zero-order valence-electron chi connectivity index (χ0n) is 21.9. The molecule has 6 atom stereocenters. The van der Waals surface area contributed by atoms with Gasteiger partial charge in [-0.15, -0.1) is 0 Å². The van der Waals surface area contributed by atoms with E-state index in [0.29, 0.717) is 13.2 Å². The van der Waals surface area contributed by atoms with Crippen molar-refractivity contribution in [2.24, 2.45) is 5.11 Å². The highest BCUT2D eigenvalue weighted by molar-refractivity contribution is 7.33. The molecule has 4 unspecified atom stereocenters. The molecule has 13 heteroatoms. The minimum Gasteiger partial charge on any atom is -0.457 e. The second-order valence-electron chi connectivity index (χ2n) is 8.77. The summed E-state index contributed by atoms with van der Waals surface area (Å²) in [6.07, 6.45) is 1.05. The Labute approximate surface area is 209 Å². The van der Waals surface area contributed by atoms with E-state index in [1.165, 1.54) is 6.92 Å². The van der Waals surface area contributed by atoms with Gasteiger partial charge in [0.2, 0.25) is 0 Å². The maximum atomic E-state index is 12.7. The average molecular weight is 523 g/mol. The molecule has 1 rings (SSSR count). The van der Waals surface area contributed by atoms with E-state index in [-0.39, 0.29) is 12.1 Å². The van der Waals surface area contributed by atoms with Crippen LogP contribution in [0.25, 0.3) is 10.4 Å². The molecule has 1 N–H and O–H groups in total. The van der Waals surface area contributed by atoms with E-state index in [4.69, 9.17) is 28.1 Å². The fraction of sp³-hybridized carbons (Fsp3) is 0.955. The van der Waals surface area contributed by atoms with Crippen LogP contribution in [-0.4, -0.2) is 62.0 Å². The number of nitrogens with zero attached hydrogens (tertiary/aromatic N) is 3. The van der Waals surface area contributed by atoms with E-state index in [1.807, 2.05) is 34.6 Å². The van der Waals surface area contributed by atoms with E-state index in [1.54, 1.807) is 0 Å². The molecule has 0 aromatic heterocycles. The van der Waals surface area contributed by atoms with Crippen LogP contribution >= 0.6 is 8.25 Å². The molecule has 1 heterocycles. The highest BCUT2D eigenvalue weighted by atomic mass is 31.1. The van der Waals surface area contributed by atoms with Crippen LogP contribution in [0.3, 0.4) is 0 Å².